The van der Waals surface area contributed by atoms with Crippen molar-refractivity contribution in [1.82, 2.24) is 15.1 Å². The Balaban J connectivity index is 1.95. The molecule has 0 spiro atoms. The van der Waals surface area contributed by atoms with Gasteiger partial charge in [-0.15, -0.1) is 0 Å². The SMILES string of the molecule is CCCOc1ccc(C(=O)NC(=S)N2CCN(C)CC2)cc1Br. The van der Waals surface area contributed by atoms with E-state index in [0.717, 1.165) is 42.8 Å². The van der Waals surface area contributed by atoms with Crippen LogP contribution in [0.15, 0.2) is 22.7 Å². The number of ether oxygens (including phenoxy) is 1. The predicted molar refractivity (Wildman–Crippen MR) is 99.1 cm³/mol. The topological polar surface area (TPSA) is 44.8 Å². The molecule has 1 heterocycles. The van der Waals surface area contributed by atoms with Crippen molar-refractivity contribution in [3.05, 3.63) is 28.2 Å². The minimum atomic E-state index is -0.198. The van der Waals surface area contributed by atoms with E-state index >= 15 is 0 Å². The first kappa shape index (κ1) is 18.2. The van der Waals surface area contributed by atoms with Gasteiger partial charge in [0.05, 0.1) is 11.1 Å². The molecule has 1 aromatic carbocycles. The van der Waals surface area contributed by atoms with Gasteiger partial charge in [0, 0.05) is 31.7 Å². The smallest absolute Gasteiger partial charge is 0.257 e. The number of rotatable bonds is 4. The van der Waals surface area contributed by atoms with Crippen LogP contribution in [0, 0.1) is 0 Å². The van der Waals surface area contributed by atoms with Gasteiger partial charge in [0.1, 0.15) is 5.75 Å². The Morgan fingerprint density at radius 3 is 2.65 bits per heavy atom. The molecule has 126 valence electrons. The maximum atomic E-state index is 12.3. The molecule has 23 heavy (non-hydrogen) atoms. The molecule has 0 aliphatic carbocycles. The van der Waals surface area contributed by atoms with E-state index in [2.05, 4.69) is 40.1 Å². The van der Waals surface area contributed by atoms with E-state index < -0.39 is 0 Å². The van der Waals surface area contributed by atoms with Crippen molar-refractivity contribution in [1.29, 1.82) is 0 Å². The van der Waals surface area contributed by atoms with Gasteiger partial charge in [0.2, 0.25) is 0 Å². The Morgan fingerprint density at radius 2 is 2.04 bits per heavy atom. The summed E-state index contributed by atoms with van der Waals surface area (Å²) < 4.78 is 6.36. The second-order valence-corrected chi connectivity index (χ2v) is 6.78. The second-order valence-electron chi connectivity index (χ2n) is 5.54. The van der Waals surface area contributed by atoms with Crippen LogP contribution in [0.25, 0.3) is 0 Å². The Morgan fingerprint density at radius 1 is 1.35 bits per heavy atom. The number of nitrogens with one attached hydrogen (secondary N) is 1. The van der Waals surface area contributed by atoms with E-state index in [-0.39, 0.29) is 5.91 Å². The molecule has 0 radical (unpaired) electrons. The van der Waals surface area contributed by atoms with Crippen molar-refractivity contribution in [2.45, 2.75) is 13.3 Å². The summed E-state index contributed by atoms with van der Waals surface area (Å²) in [6, 6.07) is 5.30. The average Bonchev–Trinajstić information content (AvgIpc) is 2.54. The summed E-state index contributed by atoms with van der Waals surface area (Å²) in [4.78, 5) is 16.6. The molecule has 1 amide bonds. The molecule has 1 aromatic rings. The van der Waals surface area contributed by atoms with E-state index in [1.165, 1.54) is 0 Å². The summed E-state index contributed by atoms with van der Waals surface area (Å²) >= 11 is 8.79. The predicted octanol–water partition coefficient (Wildman–Crippen LogP) is 2.50. The molecular formula is C16H22BrN3O2S. The van der Waals surface area contributed by atoms with Gasteiger partial charge in [-0.1, -0.05) is 6.92 Å². The number of piperazine rings is 1. The molecule has 0 saturated carbocycles. The fraction of sp³-hybridized carbons (Fsp3) is 0.500. The number of benzene rings is 1. The third-order valence-corrected chi connectivity index (χ3v) is 4.65. The molecule has 1 saturated heterocycles. The van der Waals surface area contributed by atoms with Crippen LogP contribution in [-0.2, 0) is 0 Å². The zero-order chi connectivity index (χ0) is 16.8. The number of carbonyl (C=O) groups excluding carboxylic acids is 1. The summed E-state index contributed by atoms with van der Waals surface area (Å²) in [5, 5.41) is 3.30. The summed E-state index contributed by atoms with van der Waals surface area (Å²) in [6.45, 7) is 6.27. The maximum absolute atomic E-state index is 12.3. The van der Waals surface area contributed by atoms with Crippen LogP contribution in [0.2, 0.25) is 0 Å². The zero-order valence-electron chi connectivity index (χ0n) is 13.5. The van der Waals surface area contributed by atoms with Gasteiger partial charge in [0.25, 0.3) is 5.91 Å². The number of thiocarbonyl (C=S) groups is 1. The number of amides is 1. The molecule has 1 aliphatic heterocycles. The number of carbonyl (C=O) groups is 1. The van der Waals surface area contributed by atoms with E-state index in [9.17, 15) is 4.79 Å². The largest absolute Gasteiger partial charge is 0.492 e. The second kappa shape index (κ2) is 8.61. The summed E-state index contributed by atoms with van der Waals surface area (Å²) in [7, 11) is 2.08. The van der Waals surface area contributed by atoms with Crippen LogP contribution >= 0.6 is 28.1 Å². The van der Waals surface area contributed by atoms with Gasteiger partial charge in [-0.05, 0) is 59.8 Å². The molecule has 0 bridgehead atoms. The third kappa shape index (κ3) is 5.16. The quantitative estimate of drug-likeness (QED) is 0.787. The number of hydrogen-bond donors (Lipinski definition) is 1. The summed E-state index contributed by atoms with van der Waals surface area (Å²) in [6.07, 6.45) is 0.938. The van der Waals surface area contributed by atoms with Crippen molar-refractivity contribution in [2.24, 2.45) is 0 Å². The van der Waals surface area contributed by atoms with Crippen molar-refractivity contribution in [2.75, 3.05) is 39.8 Å². The van der Waals surface area contributed by atoms with Crippen LogP contribution < -0.4 is 10.1 Å². The number of nitrogens with zero attached hydrogens (tertiary/aromatic N) is 2. The first-order valence-electron chi connectivity index (χ1n) is 7.72. The van der Waals surface area contributed by atoms with Crippen molar-refractivity contribution < 1.29 is 9.53 Å². The van der Waals surface area contributed by atoms with Gasteiger partial charge in [-0.25, -0.2) is 0 Å². The fourth-order valence-corrected chi connectivity index (χ4v) is 3.00. The first-order chi connectivity index (χ1) is 11.0. The highest BCUT2D eigenvalue weighted by molar-refractivity contribution is 9.10. The van der Waals surface area contributed by atoms with Gasteiger partial charge in [-0.3, -0.25) is 10.1 Å². The molecular weight excluding hydrogens is 378 g/mol. The molecule has 2 rings (SSSR count). The van der Waals surface area contributed by atoms with Crippen molar-refractivity contribution in [3.63, 3.8) is 0 Å². The minimum absolute atomic E-state index is 0.198. The highest BCUT2D eigenvalue weighted by Crippen LogP contribution is 2.26. The molecule has 0 unspecified atom stereocenters. The lowest BCUT2D eigenvalue weighted by Crippen LogP contribution is -2.51. The monoisotopic (exact) mass is 399 g/mol. The van der Waals surface area contributed by atoms with Gasteiger partial charge < -0.3 is 14.5 Å². The highest BCUT2D eigenvalue weighted by Gasteiger charge is 2.18. The van der Waals surface area contributed by atoms with Crippen LogP contribution in [0.4, 0.5) is 0 Å². The molecule has 1 aliphatic rings. The number of likely N-dealkylation sites (N-methyl/N-ethyl adjacent to an activating group) is 1. The van der Waals surface area contributed by atoms with E-state index in [1.54, 1.807) is 18.2 Å². The summed E-state index contributed by atoms with van der Waals surface area (Å²) in [5.74, 6) is 0.543. The summed E-state index contributed by atoms with van der Waals surface area (Å²) in [5.41, 5.74) is 0.553. The molecule has 1 fully saturated rings. The fourth-order valence-electron chi connectivity index (χ4n) is 2.23. The van der Waals surface area contributed by atoms with Crippen LogP contribution in [-0.4, -0.2) is 60.7 Å². The van der Waals surface area contributed by atoms with Crippen LogP contribution in [0.5, 0.6) is 5.75 Å². The minimum Gasteiger partial charge on any atom is -0.492 e. The van der Waals surface area contributed by atoms with Crippen molar-refractivity contribution >= 4 is 39.2 Å². The lowest BCUT2D eigenvalue weighted by atomic mass is 10.2. The first-order valence-corrected chi connectivity index (χ1v) is 8.92. The average molecular weight is 400 g/mol. The Bertz CT molecular complexity index is 574. The third-order valence-electron chi connectivity index (χ3n) is 3.67. The number of hydrogen-bond acceptors (Lipinski definition) is 4. The van der Waals surface area contributed by atoms with Crippen LogP contribution in [0.3, 0.4) is 0 Å². The molecule has 0 atom stereocenters. The van der Waals surface area contributed by atoms with Crippen molar-refractivity contribution in [3.8, 4) is 5.75 Å². The molecule has 0 aromatic heterocycles. The molecule has 5 nitrogen and oxygen atoms in total. The van der Waals surface area contributed by atoms with E-state index in [0.29, 0.717) is 17.3 Å². The Kier molecular flexibility index (Phi) is 6.80. The van der Waals surface area contributed by atoms with E-state index in [1.807, 2.05) is 4.90 Å². The maximum Gasteiger partial charge on any atom is 0.257 e. The zero-order valence-corrected chi connectivity index (χ0v) is 15.9. The number of halogens is 1. The Labute approximate surface area is 151 Å². The van der Waals surface area contributed by atoms with Gasteiger partial charge >= 0.3 is 0 Å². The highest BCUT2D eigenvalue weighted by atomic mass is 79.9. The van der Waals surface area contributed by atoms with Crippen LogP contribution in [0.1, 0.15) is 23.7 Å². The lowest BCUT2D eigenvalue weighted by Gasteiger charge is -2.33. The lowest BCUT2D eigenvalue weighted by molar-refractivity contribution is 0.0970. The standard InChI is InChI=1S/C16H22BrN3O2S/c1-3-10-22-14-5-4-12(11-13(14)17)15(21)18-16(23)20-8-6-19(2)7-9-20/h4-5,11H,3,6-10H2,1-2H3,(H,18,21,23). The molecule has 7 heteroatoms. The Hall–Kier alpha value is -1.18. The normalized spacial score (nSPS) is 15.3. The van der Waals surface area contributed by atoms with Gasteiger partial charge in [-0.2, -0.15) is 0 Å². The van der Waals surface area contributed by atoms with E-state index in [4.69, 9.17) is 17.0 Å². The van der Waals surface area contributed by atoms with Gasteiger partial charge in [0.15, 0.2) is 5.11 Å². The molecule has 1 N–H and O–H groups in total.